The van der Waals surface area contributed by atoms with E-state index in [1.54, 1.807) is 12.1 Å². The van der Waals surface area contributed by atoms with E-state index in [1.165, 1.54) is 0 Å². The molecule has 0 radical (unpaired) electrons. The summed E-state index contributed by atoms with van der Waals surface area (Å²) in [4.78, 5) is 29.9. The molecule has 8 heteroatoms. The van der Waals surface area contributed by atoms with Crippen LogP contribution in [0.2, 0.25) is 5.02 Å². The molecular weight excluding hydrogens is 420 g/mol. The molecule has 0 bridgehead atoms. The van der Waals surface area contributed by atoms with Crippen LogP contribution in [0.1, 0.15) is 32.1 Å². The summed E-state index contributed by atoms with van der Waals surface area (Å²) in [6.45, 7) is 3.74. The van der Waals surface area contributed by atoms with Crippen molar-refractivity contribution in [2.75, 3.05) is 52.6 Å². The number of benzene rings is 1. The minimum Gasteiger partial charge on any atom is -0.490 e. The molecule has 31 heavy (non-hydrogen) atoms. The van der Waals surface area contributed by atoms with Crippen LogP contribution in [0.5, 0.6) is 5.75 Å². The van der Waals surface area contributed by atoms with Crippen molar-refractivity contribution in [2.24, 2.45) is 5.92 Å². The Hall–Kier alpha value is -1.83. The maximum absolute atomic E-state index is 13.1. The molecule has 0 unspecified atom stereocenters. The Morgan fingerprint density at radius 3 is 2.58 bits per heavy atom. The summed E-state index contributed by atoms with van der Waals surface area (Å²) in [7, 11) is 0. The number of morpholine rings is 2. The molecule has 0 N–H and O–H groups in total. The summed E-state index contributed by atoms with van der Waals surface area (Å²) in [5, 5.41) is 0.582. The van der Waals surface area contributed by atoms with Crippen LogP contribution in [0.3, 0.4) is 0 Å². The van der Waals surface area contributed by atoms with E-state index in [4.69, 9.17) is 25.8 Å². The maximum atomic E-state index is 13.1. The Kier molecular flexibility index (Phi) is 7.35. The number of hydrogen-bond donors (Lipinski definition) is 0. The molecule has 0 aromatic heterocycles. The second kappa shape index (κ2) is 10.2. The van der Waals surface area contributed by atoms with Gasteiger partial charge < -0.3 is 24.0 Å². The highest BCUT2D eigenvalue weighted by molar-refractivity contribution is 6.30. The third kappa shape index (κ3) is 5.70. The number of halogens is 1. The Morgan fingerprint density at radius 2 is 1.84 bits per heavy atom. The zero-order chi connectivity index (χ0) is 21.7. The molecule has 2 heterocycles. The Balaban J connectivity index is 1.49. The van der Waals surface area contributed by atoms with Gasteiger partial charge in [0.15, 0.2) is 0 Å². The van der Waals surface area contributed by atoms with Crippen LogP contribution < -0.4 is 4.74 Å². The number of amides is 2. The molecule has 0 spiro atoms. The highest BCUT2D eigenvalue weighted by atomic mass is 35.5. The van der Waals surface area contributed by atoms with Crippen molar-refractivity contribution in [1.82, 2.24) is 9.80 Å². The highest BCUT2D eigenvalue weighted by Crippen LogP contribution is 2.31. The predicted molar refractivity (Wildman–Crippen MR) is 116 cm³/mol. The Morgan fingerprint density at radius 1 is 1.10 bits per heavy atom. The monoisotopic (exact) mass is 450 g/mol. The molecule has 2 aliphatic heterocycles. The number of hydrogen-bond acceptors (Lipinski definition) is 5. The quantitative estimate of drug-likeness (QED) is 0.666. The fraction of sp³-hybridized carbons (Fsp3) is 0.652. The van der Waals surface area contributed by atoms with E-state index >= 15 is 0 Å². The van der Waals surface area contributed by atoms with E-state index in [0.29, 0.717) is 56.8 Å². The Labute approximate surface area is 188 Å². The van der Waals surface area contributed by atoms with Gasteiger partial charge in [0.25, 0.3) is 0 Å². The summed E-state index contributed by atoms with van der Waals surface area (Å²) < 4.78 is 17.6. The van der Waals surface area contributed by atoms with Crippen molar-refractivity contribution in [1.29, 1.82) is 0 Å². The molecule has 7 nitrogen and oxygen atoms in total. The molecule has 4 rings (SSSR count). The average Bonchev–Trinajstić information content (AvgIpc) is 3.33. The van der Waals surface area contributed by atoms with Gasteiger partial charge >= 0.3 is 0 Å². The van der Waals surface area contributed by atoms with Gasteiger partial charge in [-0.15, -0.1) is 0 Å². The molecule has 3 aliphatic rings. The molecule has 1 aliphatic carbocycles. The SMILES string of the molecule is O=C(C[C@]1(COc2cccc(Cl)c2)CN(C(=O)C2CCCC2)CCO1)N1CCOCC1. The van der Waals surface area contributed by atoms with Crippen molar-refractivity contribution < 1.29 is 23.8 Å². The number of carbonyl (C=O) groups excluding carboxylic acids is 2. The van der Waals surface area contributed by atoms with Gasteiger partial charge in [-0.3, -0.25) is 9.59 Å². The summed E-state index contributed by atoms with van der Waals surface area (Å²) in [5.74, 6) is 0.910. The zero-order valence-corrected chi connectivity index (χ0v) is 18.6. The van der Waals surface area contributed by atoms with Gasteiger partial charge in [-0.05, 0) is 31.0 Å². The van der Waals surface area contributed by atoms with Crippen LogP contribution >= 0.6 is 11.6 Å². The molecule has 2 saturated heterocycles. The lowest BCUT2D eigenvalue weighted by Crippen LogP contribution is -2.59. The summed E-state index contributed by atoms with van der Waals surface area (Å²) in [6, 6.07) is 7.17. The molecule has 170 valence electrons. The first-order chi connectivity index (χ1) is 15.0. The fourth-order valence-electron chi connectivity index (χ4n) is 4.68. The minimum atomic E-state index is -0.885. The van der Waals surface area contributed by atoms with E-state index in [-0.39, 0.29) is 30.8 Å². The van der Waals surface area contributed by atoms with Gasteiger partial charge in [0.05, 0.1) is 32.8 Å². The molecule has 1 saturated carbocycles. The second-order valence-corrected chi connectivity index (χ2v) is 9.13. The highest BCUT2D eigenvalue weighted by Gasteiger charge is 2.43. The number of ether oxygens (including phenoxy) is 3. The lowest BCUT2D eigenvalue weighted by molar-refractivity contribution is -0.169. The molecule has 1 atom stereocenters. The van der Waals surface area contributed by atoms with Crippen LogP contribution in [0.25, 0.3) is 0 Å². The standard InChI is InChI=1S/C23H31ClN2O5/c24-19-6-3-7-20(14-19)30-17-23(15-21(27)25-8-11-29-12-9-25)16-26(10-13-31-23)22(28)18-4-1-2-5-18/h3,6-7,14,18H,1-2,4-5,8-13,15-17H2/t23-/m1/s1. The zero-order valence-electron chi connectivity index (χ0n) is 17.9. The van der Waals surface area contributed by atoms with E-state index in [1.807, 2.05) is 21.9 Å². The van der Waals surface area contributed by atoms with Gasteiger partial charge in [0.1, 0.15) is 18.0 Å². The van der Waals surface area contributed by atoms with Gasteiger partial charge in [0, 0.05) is 30.6 Å². The van der Waals surface area contributed by atoms with Gasteiger partial charge in [0.2, 0.25) is 11.8 Å². The smallest absolute Gasteiger partial charge is 0.225 e. The third-order valence-corrected chi connectivity index (χ3v) is 6.63. The maximum Gasteiger partial charge on any atom is 0.225 e. The normalized spacial score (nSPS) is 24.9. The van der Waals surface area contributed by atoms with Crippen LogP contribution in [0.15, 0.2) is 24.3 Å². The summed E-state index contributed by atoms with van der Waals surface area (Å²) in [6.07, 6.45) is 4.30. The van der Waals surface area contributed by atoms with Crippen LogP contribution in [-0.2, 0) is 19.1 Å². The first-order valence-electron chi connectivity index (χ1n) is 11.2. The number of nitrogens with zero attached hydrogens (tertiary/aromatic N) is 2. The molecule has 1 aromatic rings. The minimum absolute atomic E-state index is 0.00756. The van der Waals surface area contributed by atoms with Crippen molar-refractivity contribution in [3.8, 4) is 5.75 Å². The van der Waals surface area contributed by atoms with Crippen LogP contribution in [-0.4, -0.2) is 79.8 Å². The third-order valence-electron chi connectivity index (χ3n) is 6.40. The van der Waals surface area contributed by atoms with Gasteiger partial charge in [-0.2, -0.15) is 0 Å². The molecular formula is C23H31ClN2O5. The van der Waals surface area contributed by atoms with E-state index in [9.17, 15) is 9.59 Å². The van der Waals surface area contributed by atoms with E-state index in [0.717, 1.165) is 25.7 Å². The fourth-order valence-corrected chi connectivity index (χ4v) is 4.86. The lowest BCUT2D eigenvalue weighted by Gasteiger charge is -2.43. The molecule has 1 aromatic carbocycles. The van der Waals surface area contributed by atoms with Gasteiger partial charge in [-0.1, -0.05) is 30.5 Å². The number of rotatable bonds is 6. The first kappa shape index (κ1) is 22.4. The summed E-state index contributed by atoms with van der Waals surface area (Å²) in [5.41, 5.74) is -0.885. The van der Waals surface area contributed by atoms with Crippen LogP contribution in [0, 0.1) is 5.92 Å². The van der Waals surface area contributed by atoms with Crippen molar-refractivity contribution in [2.45, 2.75) is 37.7 Å². The summed E-state index contributed by atoms with van der Waals surface area (Å²) >= 11 is 6.09. The molecule has 3 fully saturated rings. The second-order valence-electron chi connectivity index (χ2n) is 8.69. The Bertz CT molecular complexity index is 779. The van der Waals surface area contributed by atoms with Crippen LogP contribution in [0.4, 0.5) is 0 Å². The van der Waals surface area contributed by atoms with E-state index < -0.39 is 5.60 Å². The number of carbonyl (C=O) groups is 2. The lowest BCUT2D eigenvalue weighted by atomic mass is 9.95. The van der Waals surface area contributed by atoms with Crippen molar-refractivity contribution >= 4 is 23.4 Å². The predicted octanol–water partition coefficient (Wildman–Crippen LogP) is 2.76. The first-order valence-corrected chi connectivity index (χ1v) is 11.6. The van der Waals surface area contributed by atoms with Gasteiger partial charge in [-0.25, -0.2) is 0 Å². The van der Waals surface area contributed by atoms with Crippen molar-refractivity contribution in [3.63, 3.8) is 0 Å². The van der Waals surface area contributed by atoms with Crippen molar-refractivity contribution in [3.05, 3.63) is 29.3 Å². The largest absolute Gasteiger partial charge is 0.490 e. The van der Waals surface area contributed by atoms with E-state index in [2.05, 4.69) is 0 Å². The average molecular weight is 451 g/mol. The topological polar surface area (TPSA) is 68.3 Å². The molecule has 2 amide bonds.